The van der Waals surface area contributed by atoms with Crippen LogP contribution in [0.5, 0.6) is 5.88 Å². The molecule has 0 aliphatic carbocycles. The molecular weight excluding hydrogens is 458 g/mol. The maximum atomic E-state index is 13.6. The molecule has 11 heteroatoms. The predicted molar refractivity (Wildman–Crippen MR) is 106 cm³/mol. The third-order valence-corrected chi connectivity index (χ3v) is 5.79. The molecule has 1 aliphatic rings. The third-order valence-electron chi connectivity index (χ3n) is 4.86. The maximum absolute atomic E-state index is 13.6. The zero-order valence-corrected chi connectivity index (χ0v) is 16.6. The molecule has 4 rings (SSSR count). The van der Waals surface area contributed by atoms with Crippen molar-refractivity contribution in [3.63, 3.8) is 0 Å². The molecule has 0 spiro atoms. The van der Waals surface area contributed by atoms with Gasteiger partial charge < -0.3 is 5.11 Å². The molecule has 2 aromatic carbocycles. The Kier molecular flexibility index (Phi) is 5.24. The summed E-state index contributed by atoms with van der Waals surface area (Å²) < 4.78 is 79.9. The van der Waals surface area contributed by atoms with Gasteiger partial charge in [-0.3, -0.25) is 14.8 Å². The summed E-state index contributed by atoms with van der Waals surface area (Å²) in [4.78, 5) is 17.4. The second kappa shape index (κ2) is 7.66. The smallest absolute Gasteiger partial charge is 0.416 e. The van der Waals surface area contributed by atoms with Crippen LogP contribution in [0.1, 0.15) is 27.1 Å². The molecule has 0 fully saturated rings. The average Bonchev–Trinajstić information content (AvgIpc) is 3.29. The lowest BCUT2D eigenvalue weighted by Crippen LogP contribution is -2.17. The Morgan fingerprint density at radius 2 is 1.78 bits per heavy atom. The highest BCUT2D eigenvalue weighted by Crippen LogP contribution is 2.39. The molecular formula is C21H12F6N2O2S. The Hall–Kier alpha value is -3.34. The minimum atomic E-state index is -5.05. The van der Waals surface area contributed by atoms with Crippen LogP contribution in [0.25, 0.3) is 11.6 Å². The first-order chi connectivity index (χ1) is 14.9. The summed E-state index contributed by atoms with van der Waals surface area (Å²) in [5, 5.41) is 11.2. The Bertz CT molecular complexity index is 1410. The van der Waals surface area contributed by atoms with E-state index in [4.69, 9.17) is 0 Å². The Morgan fingerprint density at radius 3 is 2.41 bits per heavy atom. The fraction of sp³-hybridized carbons (Fsp3) is 0.143. The van der Waals surface area contributed by atoms with Crippen LogP contribution >= 0.6 is 11.3 Å². The van der Waals surface area contributed by atoms with E-state index in [0.717, 1.165) is 6.07 Å². The number of alkyl halides is 6. The number of hydrogen-bond donors (Lipinski definition) is 2. The van der Waals surface area contributed by atoms with Gasteiger partial charge in [-0.25, -0.2) is 0 Å². The van der Waals surface area contributed by atoms with Crippen molar-refractivity contribution in [3.05, 3.63) is 90.0 Å². The first-order valence-electron chi connectivity index (χ1n) is 9.01. The molecule has 1 aromatic heterocycles. The fourth-order valence-corrected chi connectivity index (χ4v) is 4.18. The van der Waals surface area contributed by atoms with Crippen LogP contribution in [0.3, 0.4) is 0 Å². The van der Waals surface area contributed by atoms with Crippen molar-refractivity contribution in [3.8, 4) is 5.88 Å². The van der Waals surface area contributed by atoms with E-state index >= 15 is 0 Å². The summed E-state index contributed by atoms with van der Waals surface area (Å²) in [6.45, 7) is 0. The molecule has 0 bridgehead atoms. The molecule has 166 valence electrons. The van der Waals surface area contributed by atoms with E-state index in [1.165, 1.54) is 6.20 Å². The number of fused-ring (bicyclic) bond motifs is 1. The van der Waals surface area contributed by atoms with E-state index in [-0.39, 0.29) is 16.5 Å². The second-order valence-electron chi connectivity index (χ2n) is 6.93. The van der Waals surface area contributed by atoms with Gasteiger partial charge in [0.1, 0.15) is 0 Å². The number of rotatable bonds is 3. The molecule has 0 atom stereocenters. The van der Waals surface area contributed by atoms with Crippen molar-refractivity contribution in [2.24, 2.45) is 4.99 Å². The van der Waals surface area contributed by atoms with E-state index in [0.29, 0.717) is 33.5 Å². The van der Waals surface area contributed by atoms with Crippen molar-refractivity contribution in [1.82, 2.24) is 4.98 Å². The number of thiazole rings is 1. The number of hydrogen-bond acceptors (Lipinski definition) is 4. The lowest BCUT2D eigenvalue weighted by Gasteiger charge is -2.17. The van der Waals surface area contributed by atoms with Crippen LogP contribution in [-0.2, 0) is 18.8 Å². The monoisotopic (exact) mass is 470 g/mol. The number of benzene rings is 2. The minimum Gasteiger partial charge on any atom is -0.493 e. The summed E-state index contributed by atoms with van der Waals surface area (Å²) in [7, 11) is 0. The van der Waals surface area contributed by atoms with Gasteiger partial charge in [-0.1, -0.05) is 23.5 Å². The number of nitrogens with zero attached hydrogens (tertiary/aromatic N) is 1. The summed E-state index contributed by atoms with van der Waals surface area (Å²) in [6.07, 6.45) is -7.26. The van der Waals surface area contributed by atoms with Gasteiger partial charge in [0.05, 0.1) is 21.4 Å². The fourth-order valence-electron chi connectivity index (χ4n) is 3.39. The highest BCUT2D eigenvalue weighted by molar-refractivity contribution is 7.10. The SMILES string of the molecule is O=c1[nH]c(O)c(C(Cc2ccc(C(F)(F)F)cc2C(F)(F)F)=c2ccc3c(c2)C=CN=3)s1. The Morgan fingerprint density at radius 1 is 1.03 bits per heavy atom. The molecule has 0 saturated heterocycles. The zero-order chi connectivity index (χ0) is 23.3. The van der Waals surface area contributed by atoms with Crippen molar-refractivity contribution in [2.75, 3.05) is 0 Å². The van der Waals surface area contributed by atoms with E-state index in [1.54, 1.807) is 24.3 Å². The molecule has 0 unspecified atom stereocenters. The number of aromatic nitrogens is 1. The molecule has 0 amide bonds. The van der Waals surface area contributed by atoms with Crippen LogP contribution in [0.4, 0.5) is 26.3 Å². The van der Waals surface area contributed by atoms with Crippen LogP contribution in [-0.4, -0.2) is 10.1 Å². The van der Waals surface area contributed by atoms with Gasteiger partial charge in [0.25, 0.3) is 0 Å². The molecule has 32 heavy (non-hydrogen) atoms. The van der Waals surface area contributed by atoms with Crippen LogP contribution in [0.2, 0.25) is 0 Å². The highest BCUT2D eigenvalue weighted by atomic mass is 32.1. The van der Waals surface area contributed by atoms with E-state index < -0.39 is 46.2 Å². The normalized spacial score (nSPS) is 14.3. The Balaban J connectivity index is 1.95. The van der Waals surface area contributed by atoms with Gasteiger partial charge in [0.15, 0.2) is 0 Å². The largest absolute Gasteiger partial charge is 0.493 e. The topological polar surface area (TPSA) is 65.5 Å². The summed E-state index contributed by atoms with van der Waals surface area (Å²) in [5.74, 6) is -0.531. The molecule has 2 N–H and O–H groups in total. The molecule has 0 saturated carbocycles. The van der Waals surface area contributed by atoms with E-state index in [9.17, 15) is 36.2 Å². The van der Waals surface area contributed by atoms with Crippen molar-refractivity contribution in [2.45, 2.75) is 18.8 Å². The highest BCUT2D eigenvalue weighted by Gasteiger charge is 2.38. The zero-order valence-electron chi connectivity index (χ0n) is 15.8. The van der Waals surface area contributed by atoms with Crippen LogP contribution < -0.4 is 15.4 Å². The van der Waals surface area contributed by atoms with Gasteiger partial charge in [0, 0.05) is 18.2 Å². The molecule has 2 heterocycles. The number of nitrogens with one attached hydrogen (secondary N) is 1. The van der Waals surface area contributed by atoms with Crippen molar-refractivity contribution >= 4 is 23.0 Å². The van der Waals surface area contributed by atoms with Gasteiger partial charge in [0.2, 0.25) is 5.88 Å². The standard InChI is InChI=1S/C21H12F6N2O2S/c22-20(23,24)13-3-1-11(15(9-13)21(25,26)27)8-14(17-18(30)29-19(31)32-17)10-2-4-16-12(7-10)5-6-28-16/h1-7,9,30H,8H2,(H,29,31). The predicted octanol–water partition coefficient (Wildman–Crippen LogP) is 4.23. The minimum absolute atomic E-state index is 0.00175. The van der Waals surface area contributed by atoms with Gasteiger partial charge in [-0.2, -0.15) is 26.3 Å². The maximum Gasteiger partial charge on any atom is 0.416 e. The summed E-state index contributed by atoms with van der Waals surface area (Å²) in [6, 6.07) is 6.21. The number of aromatic amines is 1. The van der Waals surface area contributed by atoms with Crippen molar-refractivity contribution in [1.29, 1.82) is 0 Å². The number of halogens is 6. The molecule has 4 nitrogen and oxygen atoms in total. The molecule has 3 aromatic rings. The lowest BCUT2D eigenvalue weighted by atomic mass is 9.94. The lowest BCUT2D eigenvalue weighted by molar-refractivity contribution is -0.143. The van der Waals surface area contributed by atoms with E-state index in [2.05, 4.69) is 9.98 Å². The van der Waals surface area contributed by atoms with Gasteiger partial charge in [-0.05, 0) is 46.7 Å². The molecule has 1 aliphatic heterocycles. The summed E-state index contributed by atoms with van der Waals surface area (Å²) >= 11 is 0.590. The average molecular weight is 470 g/mol. The third kappa shape index (κ3) is 4.20. The first kappa shape index (κ1) is 21.9. The number of H-pyrrole nitrogens is 1. The van der Waals surface area contributed by atoms with E-state index in [1.807, 2.05) is 0 Å². The Labute approximate surface area is 179 Å². The molecule has 0 radical (unpaired) electrons. The van der Waals surface area contributed by atoms with Crippen LogP contribution in [0.15, 0.2) is 52.4 Å². The second-order valence-corrected chi connectivity index (χ2v) is 7.92. The number of aromatic hydroxyl groups is 1. The van der Waals surface area contributed by atoms with Gasteiger partial charge in [-0.15, -0.1) is 0 Å². The van der Waals surface area contributed by atoms with Gasteiger partial charge >= 0.3 is 17.2 Å². The summed E-state index contributed by atoms with van der Waals surface area (Å²) in [5.41, 5.74) is -2.47. The first-order valence-corrected chi connectivity index (χ1v) is 9.82. The van der Waals surface area contributed by atoms with Crippen LogP contribution in [0, 0.1) is 0 Å². The quantitative estimate of drug-likeness (QED) is 0.563. The van der Waals surface area contributed by atoms with Crippen molar-refractivity contribution < 1.29 is 31.4 Å².